The van der Waals surface area contributed by atoms with Gasteiger partial charge >= 0.3 is 6.01 Å². The molecule has 0 amide bonds. The average Bonchev–Trinajstić information content (AvgIpc) is 2.87. The van der Waals surface area contributed by atoms with E-state index in [2.05, 4.69) is 41.6 Å². The standard InChI is InChI=1S/C15H28N4O/c1-11(2)17-10-14-18-19-15(20-14)16-9-8-13-6-4-12(3)5-7-13/h11-13,17H,4-10H2,1-3H3,(H,16,19). The summed E-state index contributed by atoms with van der Waals surface area (Å²) < 4.78 is 5.54. The largest absolute Gasteiger partial charge is 0.407 e. The molecule has 1 saturated carbocycles. The van der Waals surface area contributed by atoms with E-state index in [0.29, 0.717) is 24.5 Å². The lowest BCUT2D eigenvalue weighted by Gasteiger charge is -2.25. The van der Waals surface area contributed by atoms with Crippen LogP contribution >= 0.6 is 0 Å². The lowest BCUT2D eigenvalue weighted by atomic mass is 9.81. The van der Waals surface area contributed by atoms with Crippen molar-refractivity contribution in [2.75, 3.05) is 11.9 Å². The molecule has 114 valence electrons. The molecule has 1 aliphatic rings. The molecule has 0 bridgehead atoms. The van der Waals surface area contributed by atoms with E-state index >= 15 is 0 Å². The second-order valence-corrected chi connectivity index (χ2v) is 6.38. The summed E-state index contributed by atoms with van der Waals surface area (Å²) in [5.41, 5.74) is 0. The quantitative estimate of drug-likeness (QED) is 0.803. The Hall–Kier alpha value is -1.10. The summed E-state index contributed by atoms with van der Waals surface area (Å²) in [6.45, 7) is 8.12. The Morgan fingerprint density at radius 3 is 2.65 bits per heavy atom. The van der Waals surface area contributed by atoms with Crippen LogP contribution in [-0.2, 0) is 6.54 Å². The number of anilines is 1. The van der Waals surface area contributed by atoms with E-state index in [-0.39, 0.29) is 0 Å². The van der Waals surface area contributed by atoms with Crippen LogP contribution in [0.5, 0.6) is 0 Å². The molecule has 1 aromatic rings. The highest BCUT2D eigenvalue weighted by Gasteiger charge is 2.17. The van der Waals surface area contributed by atoms with E-state index in [1.807, 2.05) is 0 Å². The van der Waals surface area contributed by atoms with Crippen molar-refractivity contribution < 1.29 is 4.42 Å². The molecule has 0 aromatic carbocycles. The predicted molar refractivity (Wildman–Crippen MR) is 80.5 cm³/mol. The molecule has 0 atom stereocenters. The zero-order valence-electron chi connectivity index (χ0n) is 13.0. The molecule has 1 aliphatic carbocycles. The minimum absolute atomic E-state index is 0.423. The first-order valence-corrected chi connectivity index (χ1v) is 7.93. The molecule has 1 heterocycles. The van der Waals surface area contributed by atoms with Gasteiger partial charge in [0.2, 0.25) is 5.89 Å². The van der Waals surface area contributed by atoms with Crippen LogP contribution in [0, 0.1) is 11.8 Å². The van der Waals surface area contributed by atoms with E-state index in [9.17, 15) is 0 Å². The first kappa shape index (κ1) is 15.3. The van der Waals surface area contributed by atoms with E-state index in [0.717, 1.165) is 18.4 Å². The molecule has 1 fully saturated rings. The molecule has 1 aromatic heterocycles. The van der Waals surface area contributed by atoms with Gasteiger partial charge in [0.15, 0.2) is 0 Å². The van der Waals surface area contributed by atoms with Crippen LogP contribution in [0.25, 0.3) is 0 Å². The maximum atomic E-state index is 5.54. The Labute approximate surface area is 121 Å². The smallest absolute Gasteiger partial charge is 0.315 e. The molecule has 5 nitrogen and oxygen atoms in total. The molecule has 0 saturated heterocycles. The Bertz CT molecular complexity index is 383. The minimum atomic E-state index is 0.423. The second kappa shape index (κ2) is 7.62. The van der Waals surface area contributed by atoms with Crippen molar-refractivity contribution in [2.24, 2.45) is 11.8 Å². The maximum absolute atomic E-state index is 5.54. The number of nitrogens with zero attached hydrogens (tertiary/aromatic N) is 2. The third-order valence-corrected chi connectivity index (χ3v) is 4.09. The Morgan fingerprint density at radius 1 is 1.20 bits per heavy atom. The lowest BCUT2D eigenvalue weighted by Crippen LogP contribution is -2.21. The maximum Gasteiger partial charge on any atom is 0.315 e. The normalized spacial score (nSPS) is 23.2. The van der Waals surface area contributed by atoms with Gasteiger partial charge in [-0.05, 0) is 18.3 Å². The predicted octanol–water partition coefficient (Wildman–Crippen LogP) is 3.20. The van der Waals surface area contributed by atoms with Gasteiger partial charge in [-0.1, -0.05) is 51.6 Å². The lowest BCUT2D eigenvalue weighted by molar-refractivity contribution is 0.281. The molecule has 0 unspecified atom stereocenters. The monoisotopic (exact) mass is 280 g/mol. The molecule has 2 rings (SSSR count). The first-order valence-electron chi connectivity index (χ1n) is 7.93. The van der Waals surface area contributed by atoms with Crippen molar-refractivity contribution in [1.29, 1.82) is 0 Å². The van der Waals surface area contributed by atoms with Crippen LogP contribution in [0.15, 0.2) is 4.42 Å². The fourth-order valence-electron chi connectivity index (χ4n) is 2.69. The molecule has 5 heteroatoms. The second-order valence-electron chi connectivity index (χ2n) is 6.38. The number of rotatable bonds is 7. The van der Waals surface area contributed by atoms with Crippen molar-refractivity contribution in [3.05, 3.63) is 5.89 Å². The summed E-state index contributed by atoms with van der Waals surface area (Å²) in [6.07, 6.45) is 6.72. The minimum Gasteiger partial charge on any atom is -0.407 e. The molecule has 2 N–H and O–H groups in total. The Kier molecular flexibility index (Phi) is 5.83. The summed E-state index contributed by atoms with van der Waals surface area (Å²) >= 11 is 0. The van der Waals surface area contributed by atoms with E-state index in [4.69, 9.17) is 4.42 Å². The SMILES string of the molecule is CC1CCC(CCNc2nnc(CNC(C)C)o2)CC1. The average molecular weight is 280 g/mol. The van der Waals surface area contributed by atoms with Crippen molar-refractivity contribution >= 4 is 6.01 Å². The van der Waals surface area contributed by atoms with Gasteiger partial charge in [0, 0.05) is 12.6 Å². The number of nitrogens with one attached hydrogen (secondary N) is 2. The fourth-order valence-corrected chi connectivity index (χ4v) is 2.69. The van der Waals surface area contributed by atoms with Gasteiger partial charge in [-0.15, -0.1) is 5.10 Å². The number of aromatic nitrogens is 2. The van der Waals surface area contributed by atoms with Gasteiger partial charge < -0.3 is 15.1 Å². The van der Waals surface area contributed by atoms with Gasteiger partial charge in [-0.3, -0.25) is 0 Å². The van der Waals surface area contributed by atoms with Crippen LogP contribution in [0.4, 0.5) is 6.01 Å². The fraction of sp³-hybridized carbons (Fsp3) is 0.867. The summed E-state index contributed by atoms with van der Waals surface area (Å²) in [4.78, 5) is 0. The van der Waals surface area contributed by atoms with Gasteiger partial charge in [0.1, 0.15) is 0 Å². The number of hydrogen-bond donors (Lipinski definition) is 2. The van der Waals surface area contributed by atoms with Crippen molar-refractivity contribution in [3.63, 3.8) is 0 Å². The molecular formula is C15H28N4O. The van der Waals surface area contributed by atoms with Crippen LogP contribution in [0.2, 0.25) is 0 Å². The Morgan fingerprint density at radius 2 is 1.95 bits per heavy atom. The summed E-state index contributed by atoms with van der Waals surface area (Å²) in [7, 11) is 0. The third-order valence-electron chi connectivity index (χ3n) is 4.09. The zero-order chi connectivity index (χ0) is 14.4. The van der Waals surface area contributed by atoms with Crippen LogP contribution in [-0.4, -0.2) is 22.8 Å². The zero-order valence-corrected chi connectivity index (χ0v) is 13.0. The highest BCUT2D eigenvalue weighted by Crippen LogP contribution is 2.30. The third kappa shape index (κ3) is 5.12. The van der Waals surface area contributed by atoms with Crippen molar-refractivity contribution in [3.8, 4) is 0 Å². The first-order chi connectivity index (χ1) is 9.63. The molecule has 0 spiro atoms. The topological polar surface area (TPSA) is 63.0 Å². The van der Waals surface area contributed by atoms with Gasteiger partial charge in [-0.25, -0.2) is 0 Å². The van der Waals surface area contributed by atoms with E-state index in [1.54, 1.807) is 0 Å². The molecular weight excluding hydrogens is 252 g/mol. The van der Waals surface area contributed by atoms with Gasteiger partial charge in [-0.2, -0.15) is 0 Å². The van der Waals surface area contributed by atoms with Crippen molar-refractivity contribution in [1.82, 2.24) is 15.5 Å². The van der Waals surface area contributed by atoms with E-state index < -0.39 is 0 Å². The number of hydrogen-bond acceptors (Lipinski definition) is 5. The molecule has 20 heavy (non-hydrogen) atoms. The van der Waals surface area contributed by atoms with Crippen LogP contribution in [0.3, 0.4) is 0 Å². The van der Waals surface area contributed by atoms with Gasteiger partial charge in [0.05, 0.1) is 6.54 Å². The Balaban J connectivity index is 1.64. The van der Waals surface area contributed by atoms with E-state index in [1.165, 1.54) is 32.1 Å². The van der Waals surface area contributed by atoms with Crippen LogP contribution < -0.4 is 10.6 Å². The molecule has 0 radical (unpaired) electrons. The summed E-state index contributed by atoms with van der Waals surface area (Å²) in [6, 6.07) is 0.974. The highest BCUT2D eigenvalue weighted by atomic mass is 16.4. The van der Waals surface area contributed by atoms with Crippen LogP contribution in [0.1, 0.15) is 58.8 Å². The highest BCUT2D eigenvalue weighted by molar-refractivity contribution is 5.16. The van der Waals surface area contributed by atoms with Crippen molar-refractivity contribution in [2.45, 2.75) is 65.5 Å². The molecule has 0 aliphatic heterocycles. The summed E-state index contributed by atoms with van der Waals surface area (Å²) in [5, 5.41) is 14.5. The van der Waals surface area contributed by atoms with Gasteiger partial charge in [0.25, 0.3) is 0 Å². The summed E-state index contributed by atoms with van der Waals surface area (Å²) in [5.74, 6) is 2.43.